The van der Waals surface area contributed by atoms with Crippen molar-refractivity contribution in [1.29, 1.82) is 0 Å². The predicted molar refractivity (Wildman–Crippen MR) is 74.5 cm³/mol. The largest absolute Gasteiger partial charge is 0.449 e. The fourth-order valence-electron chi connectivity index (χ4n) is 2.02. The van der Waals surface area contributed by atoms with Gasteiger partial charge < -0.3 is 14.1 Å². The van der Waals surface area contributed by atoms with Crippen molar-refractivity contribution in [3.8, 4) is 0 Å². The molecule has 6 heteroatoms. The van der Waals surface area contributed by atoms with Crippen molar-refractivity contribution < 1.29 is 23.1 Å². The molecule has 0 fully saturated rings. The predicted octanol–water partition coefficient (Wildman–Crippen LogP) is 2.51. The molecule has 0 aliphatic rings. The molecule has 2 rings (SSSR count). The van der Waals surface area contributed by atoms with Crippen molar-refractivity contribution in [1.82, 2.24) is 4.90 Å². The number of halogens is 1. The van der Waals surface area contributed by atoms with Gasteiger partial charge in [0.05, 0.1) is 0 Å². The molecule has 1 atom stereocenters. The third kappa shape index (κ3) is 2.89. The van der Waals surface area contributed by atoms with Gasteiger partial charge >= 0.3 is 5.97 Å². The molecule has 0 unspecified atom stereocenters. The summed E-state index contributed by atoms with van der Waals surface area (Å²) in [5.74, 6) is -1.51. The maximum absolute atomic E-state index is 13.2. The van der Waals surface area contributed by atoms with Crippen molar-refractivity contribution in [3.63, 3.8) is 0 Å². The van der Waals surface area contributed by atoms with Crippen LogP contribution in [0.5, 0.6) is 0 Å². The normalized spacial score (nSPS) is 12.2. The number of likely N-dealkylation sites (N-methyl/N-ethyl adjacent to an activating group) is 1. The Morgan fingerprint density at radius 2 is 2.00 bits per heavy atom. The molecule has 0 saturated carbocycles. The summed E-state index contributed by atoms with van der Waals surface area (Å²) in [5.41, 5.74) is 0.881. The molecule has 0 aliphatic carbocycles. The molecule has 2 aromatic rings. The van der Waals surface area contributed by atoms with Crippen LogP contribution in [0.25, 0.3) is 11.0 Å². The number of benzene rings is 1. The molecule has 21 heavy (non-hydrogen) atoms. The van der Waals surface area contributed by atoms with Gasteiger partial charge in [-0.25, -0.2) is 9.18 Å². The van der Waals surface area contributed by atoms with Gasteiger partial charge in [0.25, 0.3) is 5.91 Å². The highest BCUT2D eigenvalue weighted by atomic mass is 19.1. The lowest BCUT2D eigenvalue weighted by Gasteiger charge is -2.16. The highest BCUT2D eigenvalue weighted by Crippen LogP contribution is 2.26. The SMILES string of the molecule is Cc1c(C(=O)O[C@@H](C)C(=O)N(C)C)oc2ccc(F)cc12. The second-order valence-corrected chi connectivity index (χ2v) is 4.98. The van der Waals surface area contributed by atoms with Crippen LogP contribution in [-0.4, -0.2) is 37.0 Å². The first kappa shape index (κ1) is 15.0. The number of furan rings is 1. The van der Waals surface area contributed by atoms with E-state index in [4.69, 9.17) is 9.15 Å². The molecule has 0 aliphatic heterocycles. The number of carbonyl (C=O) groups excluding carboxylic acids is 2. The second kappa shape index (κ2) is 5.55. The van der Waals surface area contributed by atoms with E-state index in [1.807, 2.05) is 0 Å². The molecule has 1 aromatic carbocycles. The van der Waals surface area contributed by atoms with E-state index in [1.54, 1.807) is 21.0 Å². The number of hydrogen-bond donors (Lipinski definition) is 0. The van der Waals surface area contributed by atoms with E-state index in [2.05, 4.69) is 0 Å². The van der Waals surface area contributed by atoms with Crippen molar-refractivity contribution >= 4 is 22.8 Å². The molecule has 5 nitrogen and oxygen atoms in total. The Morgan fingerprint density at radius 1 is 1.33 bits per heavy atom. The van der Waals surface area contributed by atoms with Crippen molar-refractivity contribution in [3.05, 3.63) is 35.3 Å². The van der Waals surface area contributed by atoms with Gasteiger partial charge in [0.1, 0.15) is 11.4 Å². The molecule has 0 N–H and O–H groups in total. The lowest BCUT2D eigenvalue weighted by Crippen LogP contribution is -2.34. The number of hydrogen-bond acceptors (Lipinski definition) is 4. The fourth-order valence-corrected chi connectivity index (χ4v) is 2.02. The summed E-state index contributed by atoms with van der Waals surface area (Å²) in [4.78, 5) is 25.1. The second-order valence-electron chi connectivity index (χ2n) is 4.98. The van der Waals surface area contributed by atoms with E-state index in [0.29, 0.717) is 16.5 Å². The first-order valence-electron chi connectivity index (χ1n) is 6.42. The van der Waals surface area contributed by atoms with E-state index >= 15 is 0 Å². The summed E-state index contributed by atoms with van der Waals surface area (Å²) in [6.07, 6.45) is -0.920. The van der Waals surface area contributed by atoms with Gasteiger partial charge in [-0.3, -0.25) is 4.79 Å². The quantitative estimate of drug-likeness (QED) is 0.816. The molecule has 1 amide bonds. The summed E-state index contributed by atoms with van der Waals surface area (Å²) in [7, 11) is 3.14. The monoisotopic (exact) mass is 293 g/mol. The van der Waals surface area contributed by atoms with Gasteiger partial charge in [-0.05, 0) is 32.0 Å². The van der Waals surface area contributed by atoms with E-state index in [9.17, 15) is 14.0 Å². The number of rotatable bonds is 3. The average Bonchev–Trinajstić information content (AvgIpc) is 2.75. The minimum atomic E-state index is -0.920. The van der Waals surface area contributed by atoms with Crippen LogP contribution in [0.1, 0.15) is 23.0 Å². The van der Waals surface area contributed by atoms with E-state index in [0.717, 1.165) is 0 Å². The standard InChI is InChI=1S/C15H16FNO4/c1-8-11-7-10(16)5-6-12(11)21-13(8)15(19)20-9(2)14(18)17(3)4/h5-7,9H,1-4H3/t9-/m0/s1. The zero-order valence-corrected chi connectivity index (χ0v) is 12.3. The van der Waals surface area contributed by atoms with Crippen LogP contribution in [0.2, 0.25) is 0 Å². The van der Waals surface area contributed by atoms with Crippen molar-refractivity contribution in [2.45, 2.75) is 20.0 Å². The van der Waals surface area contributed by atoms with Gasteiger partial charge in [0.15, 0.2) is 6.10 Å². The van der Waals surface area contributed by atoms with Gasteiger partial charge in [0, 0.05) is 25.0 Å². The van der Waals surface area contributed by atoms with Crippen LogP contribution in [0.15, 0.2) is 22.6 Å². The number of carbonyl (C=O) groups is 2. The topological polar surface area (TPSA) is 59.8 Å². The van der Waals surface area contributed by atoms with Crippen LogP contribution >= 0.6 is 0 Å². The van der Waals surface area contributed by atoms with E-state index in [1.165, 1.54) is 30.0 Å². The maximum atomic E-state index is 13.2. The Bertz CT molecular complexity index is 705. The maximum Gasteiger partial charge on any atom is 0.375 e. The summed E-state index contributed by atoms with van der Waals surface area (Å²) in [5, 5.41) is 0.508. The minimum absolute atomic E-state index is 0.0194. The van der Waals surface area contributed by atoms with Crippen LogP contribution in [-0.2, 0) is 9.53 Å². The molecular weight excluding hydrogens is 277 g/mol. The van der Waals surface area contributed by atoms with E-state index < -0.39 is 17.9 Å². The molecule has 0 saturated heterocycles. The summed E-state index contributed by atoms with van der Waals surface area (Å²) in [6, 6.07) is 3.99. The molecule has 0 radical (unpaired) electrons. The van der Waals surface area contributed by atoms with Gasteiger partial charge in [-0.15, -0.1) is 0 Å². The zero-order valence-electron chi connectivity index (χ0n) is 12.3. The Kier molecular flexibility index (Phi) is 3.97. The minimum Gasteiger partial charge on any atom is -0.449 e. The molecule has 1 aromatic heterocycles. The Labute approximate surface area is 121 Å². The fraction of sp³-hybridized carbons (Fsp3) is 0.333. The Hall–Kier alpha value is -2.37. The number of amides is 1. The van der Waals surface area contributed by atoms with Gasteiger partial charge in [0.2, 0.25) is 5.76 Å². The van der Waals surface area contributed by atoms with Crippen molar-refractivity contribution in [2.24, 2.45) is 0 Å². The Balaban J connectivity index is 2.28. The molecule has 112 valence electrons. The van der Waals surface area contributed by atoms with Gasteiger partial charge in [-0.1, -0.05) is 0 Å². The number of aryl methyl sites for hydroxylation is 1. The highest BCUT2D eigenvalue weighted by Gasteiger charge is 2.25. The zero-order chi connectivity index (χ0) is 15.7. The third-order valence-corrected chi connectivity index (χ3v) is 3.16. The smallest absolute Gasteiger partial charge is 0.375 e. The first-order valence-corrected chi connectivity index (χ1v) is 6.42. The van der Waals surface area contributed by atoms with Crippen LogP contribution in [0.4, 0.5) is 4.39 Å². The van der Waals surface area contributed by atoms with Crippen LogP contribution in [0, 0.1) is 12.7 Å². The number of ether oxygens (including phenoxy) is 1. The third-order valence-electron chi connectivity index (χ3n) is 3.16. The molecule has 0 spiro atoms. The van der Waals surface area contributed by atoms with Crippen molar-refractivity contribution in [2.75, 3.05) is 14.1 Å². The van der Waals surface area contributed by atoms with Crippen LogP contribution in [0.3, 0.4) is 0 Å². The number of nitrogens with zero attached hydrogens (tertiary/aromatic N) is 1. The van der Waals surface area contributed by atoms with Gasteiger partial charge in [-0.2, -0.15) is 0 Å². The Morgan fingerprint density at radius 3 is 2.62 bits per heavy atom. The number of fused-ring (bicyclic) bond motifs is 1. The average molecular weight is 293 g/mol. The summed E-state index contributed by atoms with van der Waals surface area (Å²) < 4.78 is 23.7. The summed E-state index contributed by atoms with van der Waals surface area (Å²) >= 11 is 0. The molecule has 0 bridgehead atoms. The highest BCUT2D eigenvalue weighted by molar-refractivity contribution is 5.97. The van der Waals surface area contributed by atoms with E-state index in [-0.39, 0.29) is 11.7 Å². The molecule has 1 heterocycles. The van der Waals surface area contributed by atoms with Crippen LogP contribution < -0.4 is 0 Å². The molecular formula is C15H16FNO4. The lowest BCUT2D eigenvalue weighted by molar-refractivity contribution is -0.137. The lowest BCUT2D eigenvalue weighted by atomic mass is 10.1. The first-order chi connectivity index (χ1) is 9.81. The summed E-state index contributed by atoms with van der Waals surface area (Å²) in [6.45, 7) is 3.12. The number of esters is 1.